The second kappa shape index (κ2) is 6.92. The van der Waals surface area contributed by atoms with E-state index in [1.54, 1.807) is 48.5 Å². The molecule has 8 nitrogen and oxygen atoms in total. The number of hydrogen-bond acceptors (Lipinski definition) is 6. The van der Waals surface area contributed by atoms with Crippen molar-refractivity contribution >= 4 is 45.0 Å². The van der Waals surface area contributed by atoms with Gasteiger partial charge < -0.3 is 5.32 Å². The smallest absolute Gasteiger partial charge is 0.263 e. The second-order valence-corrected chi connectivity index (χ2v) is 7.01. The minimum Gasteiger partial charge on any atom is -0.324 e. The predicted molar refractivity (Wildman–Crippen MR) is 101 cm³/mol. The van der Waals surface area contributed by atoms with Crippen LogP contribution in [0, 0.1) is 0 Å². The SMILES string of the molecule is O=C(CN1N=N[C@H]2C(=O)N(c3cccc(Br)c3)C(=O)[C@@H]21)Nc1ccccc1. The van der Waals surface area contributed by atoms with Gasteiger partial charge in [0.05, 0.1) is 5.69 Å². The largest absolute Gasteiger partial charge is 0.324 e. The minimum absolute atomic E-state index is 0.176. The molecule has 136 valence electrons. The topological polar surface area (TPSA) is 94.4 Å². The van der Waals surface area contributed by atoms with Gasteiger partial charge in [-0.15, -0.1) is 0 Å². The summed E-state index contributed by atoms with van der Waals surface area (Å²) in [5, 5.41) is 11.8. The molecule has 2 heterocycles. The van der Waals surface area contributed by atoms with E-state index in [1.165, 1.54) is 5.01 Å². The predicted octanol–water partition coefficient (Wildman–Crippen LogP) is 2.38. The van der Waals surface area contributed by atoms with Crippen molar-refractivity contribution in [3.05, 3.63) is 59.1 Å². The molecule has 2 atom stereocenters. The van der Waals surface area contributed by atoms with Crippen molar-refractivity contribution in [2.24, 2.45) is 10.3 Å². The van der Waals surface area contributed by atoms with E-state index >= 15 is 0 Å². The van der Waals surface area contributed by atoms with E-state index in [-0.39, 0.29) is 12.5 Å². The first-order valence-electron chi connectivity index (χ1n) is 8.20. The van der Waals surface area contributed by atoms with Crippen LogP contribution in [0.1, 0.15) is 0 Å². The van der Waals surface area contributed by atoms with Gasteiger partial charge in [0.2, 0.25) is 5.91 Å². The number of nitrogens with zero attached hydrogens (tertiary/aromatic N) is 4. The normalized spacial score (nSPS) is 20.9. The molecule has 0 aromatic heterocycles. The zero-order valence-corrected chi connectivity index (χ0v) is 15.5. The lowest BCUT2D eigenvalue weighted by Gasteiger charge is -2.20. The molecule has 0 unspecified atom stereocenters. The van der Waals surface area contributed by atoms with Crippen LogP contribution in [0.2, 0.25) is 0 Å². The fourth-order valence-electron chi connectivity index (χ4n) is 3.09. The highest BCUT2D eigenvalue weighted by molar-refractivity contribution is 9.10. The molecule has 2 aromatic rings. The van der Waals surface area contributed by atoms with Crippen LogP contribution in [0.5, 0.6) is 0 Å². The van der Waals surface area contributed by atoms with Crippen LogP contribution in [0.25, 0.3) is 0 Å². The monoisotopic (exact) mass is 427 g/mol. The van der Waals surface area contributed by atoms with Gasteiger partial charge >= 0.3 is 0 Å². The third-order valence-electron chi connectivity index (χ3n) is 4.29. The van der Waals surface area contributed by atoms with Crippen molar-refractivity contribution in [2.45, 2.75) is 12.1 Å². The number of carbonyl (C=O) groups excluding carboxylic acids is 3. The molecule has 9 heteroatoms. The Labute approximate surface area is 163 Å². The Bertz CT molecular complexity index is 949. The van der Waals surface area contributed by atoms with Gasteiger partial charge in [-0.25, -0.2) is 4.90 Å². The lowest BCUT2D eigenvalue weighted by atomic mass is 10.1. The average Bonchev–Trinajstić information content (AvgIpc) is 3.16. The van der Waals surface area contributed by atoms with Gasteiger partial charge in [0.25, 0.3) is 11.8 Å². The molecule has 27 heavy (non-hydrogen) atoms. The van der Waals surface area contributed by atoms with Crippen LogP contribution < -0.4 is 10.2 Å². The summed E-state index contributed by atoms with van der Waals surface area (Å²) in [6.07, 6.45) is 0. The molecular weight excluding hydrogens is 414 g/mol. The summed E-state index contributed by atoms with van der Waals surface area (Å²) >= 11 is 3.33. The maximum atomic E-state index is 12.9. The number of hydrogen-bond donors (Lipinski definition) is 1. The van der Waals surface area contributed by atoms with Gasteiger partial charge in [-0.2, -0.15) is 5.11 Å². The number of fused-ring (bicyclic) bond motifs is 1. The van der Waals surface area contributed by atoms with E-state index in [1.807, 2.05) is 6.07 Å². The highest BCUT2D eigenvalue weighted by Crippen LogP contribution is 2.32. The molecule has 2 aliphatic rings. The van der Waals surface area contributed by atoms with E-state index in [2.05, 4.69) is 31.6 Å². The number of para-hydroxylation sites is 1. The molecule has 0 bridgehead atoms. The van der Waals surface area contributed by atoms with Crippen LogP contribution in [0.15, 0.2) is 69.4 Å². The van der Waals surface area contributed by atoms with E-state index in [0.717, 1.165) is 9.37 Å². The minimum atomic E-state index is -0.930. The summed E-state index contributed by atoms with van der Waals surface area (Å²) in [5.74, 6) is -1.24. The summed E-state index contributed by atoms with van der Waals surface area (Å²) < 4.78 is 0.749. The summed E-state index contributed by atoms with van der Waals surface area (Å²) in [6, 6.07) is 14.0. The molecule has 4 rings (SSSR count). The molecule has 1 N–H and O–H groups in total. The fourth-order valence-corrected chi connectivity index (χ4v) is 3.48. The van der Waals surface area contributed by atoms with E-state index in [4.69, 9.17) is 0 Å². The number of imide groups is 1. The van der Waals surface area contributed by atoms with Crippen LogP contribution in [-0.4, -0.2) is 41.4 Å². The summed E-state index contributed by atoms with van der Waals surface area (Å²) in [6.45, 7) is -0.176. The average molecular weight is 428 g/mol. The van der Waals surface area contributed by atoms with Gasteiger partial charge in [-0.1, -0.05) is 45.4 Å². The number of anilines is 2. The van der Waals surface area contributed by atoms with Gasteiger partial charge in [0.15, 0.2) is 12.1 Å². The van der Waals surface area contributed by atoms with Crippen LogP contribution >= 0.6 is 15.9 Å². The Morgan fingerprint density at radius 3 is 2.59 bits per heavy atom. The molecule has 0 aliphatic carbocycles. The number of halogens is 1. The van der Waals surface area contributed by atoms with Crippen molar-refractivity contribution in [1.29, 1.82) is 0 Å². The zero-order valence-electron chi connectivity index (χ0n) is 13.9. The van der Waals surface area contributed by atoms with Gasteiger partial charge in [0.1, 0.15) is 6.54 Å². The summed E-state index contributed by atoms with van der Waals surface area (Å²) in [5.41, 5.74) is 1.09. The quantitative estimate of drug-likeness (QED) is 0.757. The van der Waals surface area contributed by atoms with Crippen molar-refractivity contribution in [2.75, 3.05) is 16.8 Å². The third-order valence-corrected chi connectivity index (χ3v) is 4.78. The Kier molecular flexibility index (Phi) is 4.44. The number of benzene rings is 2. The molecular formula is C18H14BrN5O3. The van der Waals surface area contributed by atoms with Crippen molar-refractivity contribution in [1.82, 2.24) is 5.01 Å². The molecule has 2 aliphatic heterocycles. The van der Waals surface area contributed by atoms with Crippen molar-refractivity contribution in [3.8, 4) is 0 Å². The Morgan fingerprint density at radius 1 is 1.07 bits per heavy atom. The van der Waals surface area contributed by atoms with Gasteiger partial charge in [0, 0.05) is 10.2 Å². The van der Waals surface area contributed by atoms with E-state index < -0.39 is 23.9 Å². The van der Waals surface area contributed by atoms with Crippen LogP contribution in [-0.2, 0) is 14.4 Å². The summed E-state index contributed by atoms with van der Waals surface area (Å²) in [4.78, 5) is 38.9. The number of nitrogens with one attached hydrogen (secondary N) is 1. The van der Waals surface area contributed by atoms with Crippen LogP contribution in [0.4, 0.5) is 11.4 Å². The van der Waals surface area contributed by atoms with Crippen molar-refractivity contribution in [3.63, 3.8) is 0 Å². The first-order valence-corrected chi connectivity index (χ1v) is 8.99. The highest BCUT2D eigenvalue weighted by Gasteiger charge is 2.55. The lowest BCUT2D eigenvalue weighted by Crippen LogP contribution is -2.43. The molecule has 0 radical (unpaired) electrons. The molecule has 0 saturated carbocycles. The lowest BCUT2D eigenvalue weighted by molar-refractivity contribution is -0.123. The maximum Gasteiger partial charge on any atom is 0.263 e. The third kappa shape index (κ3) is 3.21. The fraction of sp³-hybridized carbons (Fsp3) is 0.167. The molecule has 1 fully saturated rings. The first-order chi connectivity index (χ1) is 13.0. The number of rotatable bonds is 4. The first kappa shape index (κ1) is 17.3. The molecule has 3 amide bonds. The Hall–Kier alpha value is -3.07. The Balaban J connectivity index is 1.50. The Morgan fingerprint density at radius 2 is 1.85 bits per heavy atom. The molecule has 1 saturated heterocycles. The van der Waals surface area contributed by atoms with Crippen molar-refractivity contribution < 1.29 is 14.4 Å². The second-order valence-electron chi connectivity index (χ2n) is 6.10. The maximum absolute atomic E-state index is 12.9. The number of carbonyl (C=O) groups is 3. The van der Waals surface area contributed by atoms with Gasteiger partial charge in [-0.05, 0) is 30.3 Å². The standard InChI is InChI=1S/C18H14BrN5O3/c19-11-5-4-8-13(9-11)24-17(26)15-16(18(24)27)23(22-21-15)10-14(25)20-12-6-2-1-3-7-12/h1-9,15-16H,10H2,(H,20,25)/t15-,16-/m1/s1. The summed E-state index contributed by atoms with van der Waals surface area (Å²) in [7, 11) is 0. The van der Waals surface area contributed by atoms with E-state index in [0.29, 0.717) is 11.4 Å². The molecule has 0 spiro atoms. The van der Waals surface area contributed by atoms with Crippen LogP contribution in [0.3, 0.4) is 0 Å². The van der Waals surface area contributed by atoms with E-state index in [9.17, 15) is 14.4 Å². The zero-order chi connectivity index (χ0) is 19.0. The number of amides is 3. The molecule has 2 aromatic carbocycles. The highest BCUT2D eigenvalue weighted by atomic mass is 79.9. The van der Waals surface area contributed by atoms with Gasteiger partial charge in [-0.3, -0.25) is 19.4 Å².